The molecule has 1 aromatic rings. The number of nitrogens with one attached hydrogen (secondary N) is 1. The van der Waals surface area contributed by atoms with Crippen LogP contribution in [-0.2, 0) is 9.47 Å². The first-order valence-electron chi connectivity index (χ1n) is 5.91. The van der Waals surface area contributed by atoms with E-state index in [1.807, 2.05) is 39.0 Å². The summed E-state index contributed by atoms with van der Waals surface area (Å²) >= 11 is 6.12. The molecule has 0 bridgehead atoms. The van der Waals surface area contributed by atoms with Crippen molar-refractivity contribution in [1.29, 1.82) is 0 Å². The van der Waals surface area contributed by atoms with Crippen molar-refractivity contribution in [3.63, 3.8) is 0 Å². The molecule has 0 aliphatic carbocycles. The number of hydrogen-bond donors (Lipinski definition) is 1. The molecule has 0 heterocycles. The van der Waals surface area contributed by atoms with Crippen LogP contribution in [-0.4, -0.2) is 26.0 Å². The quantitative estimate of drug-likeness (QED) is 0.759. The summed E-state index contributed by atoms with van der Waals surface area (Å²) in [5.74, 6) is 0. The predicted molar refractivity (Wildman–Crippen MR) is 71.7 cm³/mol. The van der Waals surface area contributed by atoms with Crippen molar-refractivity contribution in [1.82, 2.24) is 0 Å². The second kappa shape index (κ2) is 7.54. The molecule has 0 saturated carbocycles. The van der Waals surface area contributed by atoms with Gasteiger partial charge in [0.1, 0.15) is 0 Å². The highest BCUT2D eigenvalue weighted by molar-refractivity contribution is 6.33. The van der Waals surface area contributed by atoms with Crippen LogP contribution >= 0.6 is 11.6 Å². The van der Waals surface area contributed by atoms with E-state index in [1.165, 1.54) is 0 Å². The fourth-order valence-electron chi connectivity index (χ4n) is 1.58. The summed E-state index contributed by atoms with van der Waals surface area (Å²) in [7, 11) is 0. The second-order valence-electron chi connectivity index (χ2n) is 3.65. The molecule has 1 N–H and O–H groups in total. The molecule has 0 saturated heterocycles. The number of halogens is 1. The Kier molecular flexibility index (Phi) is 6.34. The number of para-hydroxylation sites is 1. The average molecular weight is 258 g/mol. The molecule has 1 aromatic carbocycles. The molecule has 0 aliphatic rings. The van der Waals surface area contributed by atoms with Gasteiger partial charge in [0.15, 0.2) is 6.29 Å². The predicted octanol–water partition coefficient (Wildman–Crippen LogP) is 3.46. The molecule has 3 nitrogen and oxygen atoms in total. The minimum Gasteiger partial charge on any atom is -0.379 e. The molecular weight excluding hydrogens is 238 g/mol. The Hall–Kier alpha value is -0.770. The highest BCUT2D eigenvalue weighted by Crippen LogP contribution is 2.25. The van der Waals surface area contributed by atoms with Crippen LogP contribution in [0.15, 0.2) is 18.2 Å². The van der Waals surface area contributed by atoms with E-state index in [-0.39, 0.29) is 6.29 Å². The summed E-state index contributed by atoms with van der Waals surface area (Å²) in [6.45, 7) is 7.78. The van der Waals surface area contributed by atoms with Crippen molar-refractivity contribution in [2.75, 3.05) is 25.1 Å². The van der Waals surface area contributed by atoms with E-state index in [1.54, 1.807) is 0 Å². The van der Waals surface area contributed by atoms with Crippen molar-refractivity contribution >= 4 is 17.3 Å². The maximum absolute atomic E-state index is 6.12. The van der Waals surface area contributed by atoms with Gasteiger partial charge in [0.25, 0.3) is 0 Å². The Balaban J connectivity index is 2.58. The van der Waals surface area contributed by atoms with Crippen LogP contribution in [0.1, 0.15) is 19.4 Å². The maximum Gasteiger partial charge on any atom is 0.174 e. The minimum atomic E-state index is -0.235. The fraction of sp³-hybridized carbons (Fsp3) is 0.538. The van der Waals surface area contributed by atoms with E-state index in [2.05, 4.69) is 5.32 Å². The lowest BCUT2D eigenvalue weighted by Gasteiger charge is -2.19. The van der Waals surface area contributed by atoms with Gasteiger partial charge < -0.3 is 14.8 Å². The molecule has 0 spiro atoms. The van der Waals surface area contributed by atoms with Gasteiger partial charge in [-0.05, 0) is 32.4 Å². The van der Waals surface area contributed by atoms with E-state index < -0.39 is 0 Å². The number of benzene rings is 1. The third-order valence-corrected chi connectivity index (χ3v) is 2.69. The molecule has 17 heavy (non-hydrogen) atoms. The highest BCUT2D eigenvalue weighted by atomic mass is 35.5. The topological polar surface area (TPSA) is 30.5 Å². The van der Waals surface area contributed by atoms with Gasteiger partial charge >= 0.3 is 0 Å². The van der Waals surface area contributed by atoms with Gasteiger partial charge in [0.05, 0.1) is 17.3 Å². The number of aryl methyl sites for hydroxylation is 1. The lowest BCUT2D eigenvalue weighted by atomic mass is 10.2. The third-order valence-electron chi connectivity index (χ3n) is 2.37. The number of anilines is 1. The Bertz CT molecular complexity index is 318. The van der Waals surface area contributed by atoms with Crippen molar-refractivity contribution in [2.45, 2.75) is 27.1 Å². The van der Waals surface area contributed by atoms with Gasteiger partial charge in [-0.3, -0.25) is 0 Å². The molecule has 0 unspecified atom stereocenters. The summed E-state index contributed by atoms with van der Waals surface area (Å²) in [6.07, 6.45) is -0.235. The van der Waals surface area contributed by atoms with Gasteiger partial charge in [0.2, 0.25) is 0 Å². The molecule has 96 valence electrons. The van der Waals surface area contributed by atoms with Crippen LogP contribution < -0.4 is 5.32 Å². The van der Waals surface area contributed by atoms with Crippen molar-refractivity contribution < 1.29 is 9.47 Å². The summed E-state index contributed by atoms with van der Waals surface area (Å²) in [5.41, 5.74) is 2.06. The highest BCUT2D eigenvalue weighted by Gasteiger charge is 2.09. The van der Waals surface area contributed by atoms with Crippen molar-refractivity contribution in [2.24, 2.45) is 0 Å². The van der Waals surface area contributed by atoms with Gasteiger partial charge in [-0.25, -0.2) is 0 Å². The first-order chi connectivity index (χ1) is 8.19. The Labute approximate surface area is 108 Å². The number of hydrogen-bond acceptors (Lipinski definition) is 3. The molecule has 1 rings (SSSR count). The standard InChI is InChI=1S/C13H20ClNO2/c1-4-16-12(17-5-2)9-15-13-10(3)7-6-8-11(13)14/h6-8,12,15H,4-5,9H2,1-3H3. The second-order valence-corrected chi connectivity index (χ2v) is 4.06. The first-order valence-corrected chi connectivity index (χ1v) is 6.29. The van der Waals surface area contributed by atoms with E-state index in [0.29, 0.717) is 19.8 Å². The van der Waals surface area contributed by atoms with Crippen LogP contribution in [0.25, 0.3) is 0 Å². The maximum atomic E-state index is 6.12. The third kappa shape index (κ3) is 4.54. The summed E-state index contributed by atoms with van der Waals surface area (Å²) in [6, 6.07) is 5.82. The summed E-state index contributed by atoms with van der Waals surface area (Å²) < 4.78 is 10.9. The van der Waals surface area contributed by atoms with Gasteiger partial charge in [-0.2, -0.15) is 0 Å². The molecule has 0 radical (unpaired) electrons. The van der Waals surface area contributed by atoms with Crippen LogP contribution in [0.3, 0.4) is 0 Å². The number of ether oxygens (including phenoxy) is 2. The van der Waals surface area contributed by atoms with E-state index in [9.17, 15) is 0 Å². The molecule has 0 aromatic heterocycles. The molecule has 4 heteroatoms. The average Bonchev–Trinajstić information content (AvgIpc) is 2.29. The van der Waals surface area contributed by atoms with Crippen LogP contribution in [0, 0.1) is 6.92 Å². The van der Waals surface area contributed by atoms with Crippen molar-refractivity contribution in [3.8, 4) is 0 Å². The first kappa shape index (κ1) is 14.3. The van der Waals surface area contributed by atoms with Crippen LogP contribution in [0.2, 0.25) is 5.02 Å². The van der Waals surface area contributed by atoms with Crippen molar-refractivity contribution in [3.05, 3.63) is 28.8 Å². The zero-order chi connectivity index (χ0) is 12.7. The molecule has 0 fully saturated rings. The van der Waals surface area contributed by atoms with E-state index >= 15 is 0 Å². The smallest absolute Gasteiger partial charge is 0.174 e. The zero-order valence-corrected chi connectivity index (χ0v) is 11.4. The van der Waals surface area contributed by atoms with E-state index in [4.69, 9.17) is 21.1 Å². The lowest BCUT2D eigenvalue weighted by molar-refractivity contribution is -0.126. The monoisotopic (exact) mass is 257 g/mol. The Morgan fingerprint density at radius 1 is 1.24 bits per heavy atom. The number of rotatable bonds is 7. The molecule has 0 aliphatic heterocycles. The largest absolute Gasteiger partial charge is 0.379 e. The van der Waals surface area contributed by atoms with Crippen LogP contribution in [0.5, 0.6) is 0 Å². The summed E-state index contributed by atoms with van der Waals surface area (Å²) in [4.78, 5) is 0. The lowest BCUT2D eigenvalue weighted by Crippen LogP contribution is -2.26. The van der Waals surface area contributed by atoms with Gasteiger partial charge in [-0.15, -0.1) is 0 Å². The zero-order valence-electron chi connectivity index (χ0n) is 10.6. The SMILES string of the molecule is CCOC(CNc1c(C)cccc1Cl)OCC. The van der Waals surface area contributed by atoms with Gasteiger partial charge in [0, 0.05) is 13.2 Å². The Morgan fingerprint density at radius 3 is 2.41 bits per heavy atom. The normalized spacial score (nSPS) is 10.9. The molecule has 0 atom stereocenters. The Morgan fingerprint density at radius 2 is 1.88 bits per heavy atom. The van der Waals surface area contributed by atoms with Crippen LogP contribution in [0.4, 0.5) is 5.69 Å². The van der Waals surface area contributed by atoms with Gasteiger partial charge in [-0.1, -0.05) is 23.7 Å². The minimum absolute atomic E-state index is 0.235. The molecule has 0 amide bonds. The fourth-order valence-corrected chi connectivity index (χ4v) is 1.87. The van der Waals surface area contributed by atoms with E-state index in [0.717, 1.165) is 16.3 Å². The molecular formula is C13H20ClNO2. The summed E-state index contributed by atoms with van der Waals surface area (Å²) in [5, 5.41) is 3.99.